The maximum absolute atomic E-state index is 5.83. The Hall–Kier alpha value is -0.550. The van der Waals surface area contributed by atoms with Crippen LogP contribution in [0.5, 0.6) is 5.75 Å². The first kappa shape index (κ1) is 13.9. The molecular formula is C15H14BrIO. The van der Waals surface area contributed by atoms with Crippen LogP contribution in [0.2, 0.25) is 0 Å². The summed E-state index contributed by atoms with van der Waals surface area (Å²) in [6.07, 6.45) is 0. The molecule has 2 rings (SSSR count). The van der Waals surface area contributed by atoms with Crippen molar-refractivity contribution in [1.29, 1.82) is 0 Å². The fraction of sp³-hybridized carbons (Fsp3) is 0.200. The van der Waals surface area contributed by atoms with E-state index < -0.39 is 0 Å². The zero-order valence-corrected chi connectivity index (χ0v) is 14.1. The highest BCUT2D eigenvalue weighted by Crippen LogP contribution is 2.26. The minimum atomic E-state index is 0.609. The molecule has 0 amide bonds. The van der Waals surface area contributed by atoms with Gasteiger partial charge in [0.1, 0.15) is 12.4 Å². The molecule has 0 spiro atoms. The van der Waals surface area contributed by atoms with Crippen LogP contribution in [0, 0.1) is 17.4 Å². The number of ether oxygens (including phenoxy) is 1. The van der Waals surface area contributed by atoms with Gasteiger partial charge in [0.2, 0.25) is 0 Å². The number of hydrogen-bond acceptors (Lipinski definition) is 1. The lowest BCUT2D eigenvalue weighted by Gasteiger charge is -2.10. The van der Waals surface area contributed by atoms with E-state index in [0.717, 1.165) is 10.2 Å². The van der Waals surface area contributed by atoms with Crippen molar-refractivity contribution in [3.05, 3.63) is 61.1 Å². The molecule has 0 N–H and O–H groups in total. The molecule has 0 saturated carbocycles. The van der Waals surface area contributed by atoms with Crippen molar-refractivity contribution in [2.45, 2.75) is 20.5 Å². The second-order valence-electron chi connectivity index (χ2n) is 4.29. The molecule has 3 heteroatoms. The Bertz CT molecular complexity index is 526. The molecule has 0 aliphatic heterocycles. The maximum atomic E-state index is 5.83. The lowest BCUT2D eigenvalue weighted by molar-refractivity contribution is 0.306. The molecule has 0 bridgehead atoms. The van der Waals surface area contributed by atoms with E-state index in [4.69, 9.17) is 4.74 Å². The summed E-state index contributed by atoms with van der Waals surface area (Å²) >= 11 is 5.86. The highest BCUT2D eigenvalue weighted by atomic mass is 127. The average Bonchev–Trinajstić information content (AvgIpc) is 2.35. The van der Waals surface area contributed by atoms with Crippen LogP contribution in [0.15, 0.2) is 40.9 Å². The van der Waals surface area contributed by atoms with E-state index in [1.54, 1.807) is 0 Å². The van der Waals surface area contributed by atoms with Crippen molar-refractivity contribution >= 4 is 38.5 Å². The quantitative estimate of drug-likeness (QED) is 0.621. The van der Waals surface area contributed by atoms with Crippen molar-refractivity contribution < 1.29 is 4.74 Å². The summed E-state index contributed by atoms with van der Waals surface area (Å²) in [7, 11) is 0. The van der Waals surface area contributed by atoms with Gasteiger partial charge < -0.3 is 4.74 Å². The van der Waals surface area contributed by atoms with Gasteiger partial charge in [0.25, 0.3) is 0 Å². The van der Waals surface area contributed by atoms with E-state index in [1.807, 2.05) is 0 Å². The Morgan fingerprint density at radius 3 is 2.17 bits per heavy atom. The Labute approximate surface area is 130 Å². The number of aryl methyl sites for hydroxylation is 2. The van der Waals surface area contributed by atoms with Crippen LogP contribution >= 0.6 is 38.5 Å². The van der Waals surface area contributed by atoms with Gasteiger partial charge in [-0.25, -0.2) is 0 Å². The lowest BCUT2D eigenvalue weighted by Crippen LogP contribution is -1.96. The second kappa shape index (κ2) is 6.06. The van der Waals surface area contributed by atoms with Gasteiger partial charge in [0.05, 0.1) is 0 Å². The zero-order valence-electron chi connectivity index (χ0n) is 10.3. The highest BCUT2D eigenvalue weighted by Gasteiger charge is 2.03. The fourth-order valence-electron chi connectivity index (χ4n) is 1.74. The van der Waals surface area contributed by atoms with E-state index in [1.165, 1.54) is 20.3 Å². The van der Waals surface area contributed by atoms with Crippen molar-refractivity contribution in [2.75, 3.05) is 0 Å². The van der Waals surface area contributed by atoms with E-state index in [2.05, 4.69) is 88.8 Å². The number of benzene rings is 2. The van der Waals surface area contributed by atoms with Crippen LogP contribution in [-0.2, 0) is 6.61 Å². The van der Waals surface area contributed by atoms with Gasteiger partial charge in [0.15, 0.2) is 0 Å². The van der Waals surface area contributed by atoms with Crippen LogP contribution in [-0.4, -0.2) is 0 Å². The van der Waals surface area contributed by atoms with Crippen LogP contribution in [0.1, 0.15) is 16.7 Å². The van der Waals surface area contributed by atoms with Gasteiger partial charge in [-0.2, -0.15) is 0 Å². The monoisotopic (exact) mass is 416 g/mol. The maximum Gasteiger partial charge on any atom is 0.120 e. The largest absolute Gasteiger partial charge is 0.489 e. The Morgan fingerprint density at radius 1 is 1.06 bits per heavy atom. The molecule has 0 aliphatic rings. The normalized spacial score (nSPS) is 10.4. The van der Waals surface area contributed by atoms with Crippen LogP contribution < -0.4 is 4.74 Å². The van der Waals surface area contributed by atoms with Crippen LogP contribution in [0.3, 0.4) is 0 Å². The zero-order chi connectivity index (χ0) is 13.1. The predicted molar refractivity (Wildman–Crippen MR) is 87.1 cm³/mol. The molecule has 0 aliphatic carbocycles. The highest BCUT2D eigenvalue weighted by molar-refractivity contribution is 14.1. The molecule has 0 fully saturated rings. The Balaban J connectivity index is 2.08. The molecule has 0 saturated heterocycles. The summed E-state index contributed by atoms with van der Waals surface area (Å²) in [5.74, 6) is 0.923. The standard InChI is InChI=1S/C15H14BrIO/c1-10-7-14(8-11(2)15(10)16)18-9-12-3-5-13(17)6-4-12/h3-8H,9H2,1-2H3. The first-order chi connectivity index (χ1) is 8.56. The Kier molecular flexibility index (Phi) is 4.67. The molecule has 94 valence electrons. The van der Waals surface area contributed by atoms with Crippen LogP contribution in [0.4, 0.5) is 0 Å². The SMILES string of the molecule is Cc1cc(OCc2ccc(I)cc2)cc(C)c1Br. The molecule has 2 aromatic carbocycles. The third kappa shape index (κ3) is 3.48. The second-order valence-corrected chi connectivity index (χ2v) is 6.32. The summed E-state index contributed by atoms with van der Waals surface area (Å²) in [5, 5.41) is 0. The summed E-state index contributed by atoms with van der Waals surface area (Å²) in [6.45, 7) is 4.76. The van der Waals surface area contributed by atoms with Crippen molar-refractivity contribution in [3.63, 3.8) is 0 Å². The molecule has 1 nitrogen and oxygen atoms in total. The van der Waals surface area contributed by atoms with E-state index in [9.17, 15) is 0 Å². The molecule has 0 heterocycles. The van der Waals surface area contributed by atoms with Gasteiger partial charge in [-0.15, -0.1) is 0 Å². The summed E-state index contributed by atoms with van der Waals surface area (Å²) < 4.78 is 8.22. The Morgan fingerprint density at radius 2 is 1.61 bits per heavy atom. The average molecular weight is 417 g/mol. The van der Waals surface area contributed by atoms with E-state index in [0.29, 0.717) is 6.61 Å². The van der Waals surface area contributed by atoms with Gasteiger partial charge in [-0.3, -0.25) is 0 Å². The molecule has 2 aromatic rings. The first-order valence-corrected chi connectivity index (χ1v) is 7.57. The molecular weight excluding hydrogens is 403 g/mol. The molecule has 0 atom stereocenters. The summed E-state index contributed by atoms with van der Waals surface area (Å²) in [5.41, 5.74) is 3.59. The number of rotatable bonds is 3. The number of hydrogen-bond donors (Lipinski definition) is 0. The van der Waals surface area contributed by atoms with Gasteiger partial charge in [-0.05, 0) is 77.4 Å². The van der Waals surface area contributed by atoms with Gasteiger partial charge >= 0.3 is 0 Å². The first-order valence-electron chi connectivity index (χ1n) is 5.70. The minimum absolute atomic E-state index is 0.609. The van der Waals surface area contributed by atoms with Crippen molar-refractivity contribution in [2.24, 2.45) is 0 Å². The van der Waals surface area contributed by atoms with Crippen molar-refractivity contribution in [3.8, 4) is 5.75 Å². The fourth-order valence-corrected chi connectivity index (χ4v) is 2.33. The summed E-state index contributed by atoms with van der Waals surface area (Å²) in [4.78, 5) is 0. The molecule has 18 heavy (non-hydrogen) atoms. The van der Waals surface area contributed by atoms with E-state index in [-0.39, 0.29) is 0 Å². The summed E-state index contributed by atoms with van der Waals surface area (Å²) in [6, 6.07) is 12.5. The van der Waals surface area contributed by atoms with Crippen molar-refractivity contribution in [1.82, 2.24) is 0 Å². The topological polar surface area (TPSA) is 9.23 Å². The lowest BCUT2D eigenvalue weighted by atomic mass is 10.1. The smallest absolute Gasteiger partial charge is 0.120 e. The van der Waals surface area contributed by atoms with E-state index >= 15 is 0 Å². The van der Waals surface area contributed by atoms with Crippen LogP contribution in [0.25, 0.3) is 0 Å². The predicted octanol–water partition coefficient (Wildman–Crippen LogP) is 5.25. The molecule has 0 aromatic heterocycles. The number of halogens is 2. The third-order valence-electron chi connectivity index (χ3n) is 2.73. The molecule has 0 radical (unpaired) electrons. The van der Waals surface area contributed by atoms with Gasteiger partial charge in [0, 0.05) is 8.04 Å². The van der Waals surface area contributed by atoms with Gasteiger partial charge in [-0.1, -0.05) is 28.1 Å². The minimum Gasteiger partial charge on any atom is -0.489 e. The third-order valence-corrected chi connectivity index (χ3v) is 4.70. The molecule has 0 unspecified atom stereocenters.